The predicted octanol–water partition coefficient (Wildman–Crippen LogP) is 0.952. The highest BCUT2D eigenvalue weighted by Crippen LogP contribution is 2.38. The Labute approximate surface area is 82.6 Å². The molecule has 0 saturated heterocycles. The number of hydrogen-bond donors (Lipinski definition) is 3. The quantitative estimate of drug-likeness (QED) is 0.671. The van der Waals surface area contributed by atoms with E-state index in [0.717, 1.165) is 18.4 Å². The number of aromatic hydroxyl groups is 1. The molecule has 0 unspecified atom stereocenters. The van der Waals surface area contributed by atoms with Crippen molar-refractivity contribution in [2.24, 2.45) is 0 Å². The summed E-state index contributed by atoms with van der Waals surface area (Å²) in [6.45, 7) is -0.156. The molecule has 0 atom stereocenters. The summed E-state index contributed by atoms with van der Waals surface area (Å²) in [6.07, 6.45) is 2.28. The minimum atomic E-state index is -0.535. The summed E-state index contributed by atoms with van der Waals surface area (Å²) in [5, 5.41) is 28.0. The van der Waals surface area contributed by atoms with Gasteiger partial charge in [-0.2, -0.15) is 0 Å². The molecule has 0 aliphatic heterocycles. The Hall–Kier alpha value is -1.06. The molecule has 3 nitrogen and oxygen atoms in total. The van der Waals surface area contributed by atoms with E-state index in [0.29, 0.717) is 12.0 Å². The van der Waals surface area contributed by atoms with Crippen molar-refractivity contribution >= 4 is 0 Å². The number of phenols is 1. The lowest BCUT2D eigenvalue weighted by atomic mass is 10.0. The van der Waals surface area contributed by atoms with Gasteiger partial charge >= 0.3 is 0 Å². The van der Waals surface area contributed by atoms with Gasteiger partial charge in [0.2, 0.25) is 0 Å². The topological polar surface area (TPSA) is 60.7 Å². The summed E-state index contributed by atoms with van der Waals surface area (Å²) in [5.74, 6) is 0.106. The lowest BCUT2D eigenvalue weighted by Gasteiger charge is -2.09. The summed E-state index contributed by atoms with van der Waals surface area (Å²) >= 11 is 0. The van der Waals surface area contributed by atoms with Crippen molar-refractivity contribution in [3.8, 4) is 5.75 Å². The maximum atomic E-state index is 9.67. The Balaban J connectivity index is 2.15. The minimum Gasteiger partial charge on any atom is -0.508 e. The zero-order chi connectivity index (χ0) is 10.2. The van der Waals surface area contributed by atoms with Crippen molar-refractivity contribution in [2.45, 2.75) is 31.5 Å². The predicted molar refractivity (Wildman–Crippen MR) is 51.9 cm³/mol. The summed E-state index contributed by atoms with van der Waals surface area (Å²) in [4.78, 5) is 0. The zero-order valence-corrected chi connectivity index (χ0v) is 7.90. The van der Waals surface area contributed by atoms with Crippen molar-refractivity contribution < 1.29 is 15.3 Å². The van der Waals surface area contributed by atoms with Crippen molar-refractivity contribution in [3.05, 3.63) is 29.3 Å². The maximum absolute atomic E-state index is 9.67. The molecule has 0 aromatic heterocycles. The second kappa shape index (κ2) is 3.26. The van der Waals surface area contributed by atoms with Gasteiger partial charge < -0.3 is 15.3 Å². The molecule has 76 valence electrons. The van der Waals surface area contributed by atoms with E-state index in [9.17, 15) is 10.2 Å². The van der Waals surface area contributed by atoms with Crippen molar-refractivity contribution in [1.29, 1.82) is 0 Å². The summed E-state index contributed by atoms with van der Waals surface area (Å²) in [6, 6.07) is 5.14. The third kappa shape index (κ3) is 1.89. The molecule has 1 aliphatic rings. The third-order valence-corrected chi connectivity index (χ3v) is 2.68. The molecule has 1 fully saturated rings. The molecular weight excluding hydrogens is 180 g/mol. The van der Waals surface area contributed by atoms with Crippen LogP contribution in [0.15, 0.2) is 18.2 Å². The Morgan fingerprint density at radius 1 is 1.29 bits per heavy atom. The lowest BCUT2D eigenvalue weighted by Crippen LogP contribution is -2.10. The maximum Gasteiger partial charge on any atom is 0.121 e. The highest BCUT2D eigenvalue weighted by Gasteiger charge is 2.40. The van der Waals surface area contributed by atoms with E-state index in [4.69, 9.17) is 5.11 Å². The SMILES string of the molecule is OCc1ccc(CC2(O)CC2)cc1O. The number of hydrogen-bond acceptors (Lipinski definition) is 3. The fraction of sp³-hybridized carbons (Fsp3) is 0.455. The van der Waals surface area contributed by atoms with Crippen molar-refractivity contribution in [1.82, 2.24) is 0 Å². The van der Waals surface area contributed by atoms with Crippen LogP contribution in [0, 0.1) is 0 Å². The molecule has 1 saturated carbocycles. The standard InChI is InChI=1S/C11H14O3/c12-7-9-2-1-8(5-10(9)13)6-11(14)3-4-11/h1-2,5,12-14H,3-4,6-7H2. The smallest absolute Gasteiger partial charge is 0.121 e. The molecule has 1 aliphatic carbocycles. The second-order valence-corrected chi connectivity index (χ2v) is 4.02. The van der Waals surface area contributed by atoms with E-state index in [2.05, 4.69) is 0 Å². The molecule has 0 bridgehead atoms. The van der Waals surface area contributed by atoms with Gasteiger partial charge in [-0.3, -0.25) is 0 Å². The molecule has 1 aromatic carbocycles. The highest BCUT2D eigenvalue weighted by atomic mass is 16.3. The molecule has 3 heteroatoms. The summed E-state index contributed by atoms with van der Waals surface area (Å²) in [5.41, 5.74) is 0.906. The van der Waals surface area contributed by atoms with Gasteiger partial charge in [0.1, 0.15) is 5.75 Å². The van der Waals surface area contributed by atoms with E-state index in [-0.39, 0.29) is 12.4 Å². The van der Waals surface area contributed by atoms with Gasteiger partial charge in [0.15, 0.2) is 0 Å². The van der Waals surface area contributed by atoms with Crippen LogP contribution in [-0.4, -0.2) is 20.9 Å². The Bertz CT molecular complexity index is 342. The van der Waals surface area contributed by atoms with Gasteiger partial charge in [-0.15, -0.1) is 0 Å². The van der Waals surface area contributed by atoms with Crippen LogP contribution in [0.25, 0.3) is 0 Å². The molecule has 0 radical (unpaired) electrons. The first-order valence-electron chi connectivity index (χ1n) is 4.77. The third-order valence-electron chi connectivity index (χ3n) is 2.68. The van der Waals surface area contributed by atoms with Gasteiger partial charge in [0.05, 0.1) is 12.2 Å². The first-order valence-corrected chi connectivity index (χ1v) is 4.77. The monoisotopic (exact) mass is 194 g/mol. The normalized spacial score (nSPS) is 18.1. The first kappa shape index (κ1) is 9.49. The van der Waals surface area contributed by atoms with Gasteiger partial charge in [0, 0.05) is 12.0 Å². The largest absolute Gasteiger partial charge is 0.508 e. The summed E-state index contributed by atoms with van der Waals surface area (Å²) in [7, 11) is 0. The van der Waals surface area contributed by atoms with Crippen LogP contribution in [0.2, 0.25) is 0 Å². The number of aliphatic hydroxyl groups is 2. The van der Waals surface area contributed by atoms with Crippen LogP contribution in [0.1, 0.15) is 24.0 Å². The Morgan fingerprint density at radius 2 is 2.00 bits per heavy atom. The first-order chi connectivity index (χ1) is 6.63. The molecule has 0 amide bonds. The molecule has 1 aromatic rings. The zero-order valence-electron chi connectivity index (χ0n) is 7.90. The molecule has 0 heterocycles. The van der Waals surface area contributed by atoms with E-state index in [1.54, 1.807) is 12.1 Å². The van der Waals surface area contributed by atoms with Crippen molar-refractivity contribution in [3.63, 3.8) is 0 Å². The average molecular weight is 194 g/mol. The fourth-order valence-corrected chi connectivity index (χ4v) is 1.55. The molecule has 3 N–H and O–H groups in total. The lowest BCUT2D eigenvalue weighted by molar-refractivity contribution is 0.151. The minimum absolute atomic E-state index is 0.106. The van der Waals surface area contributed by atoms with Crippen LogP contribution >= 0.6 is 0 Å². The number of benzene rings is 1. The van der Waals surface area contributed by atoms with Crippen LogP contribution < -0.4 is 0 Å². The highest BCUT2D eigenvalue weighted by molar-refractivity contribution is 5.36. The van der Waals surface area contributed by atoms with E-state index >= 15 is 0 Å². The van der Waals surface area contributed by atoms with Crippen LogP contribution in [0.5, 0.6) is 5.75 Å². The molecule has 14 heavy (non-hydrogen) atoms. The van der Waals surface area contributed by atoms with Crippen LogP contribution in [0.4, 0.5) is 0 Å². The Kier molecular flexibility index (Phi) is 2.21. The number of aliphatic hydroxyl groups excluding tert-OH is 1. The molecule has 0 spiro atoms. The second-order valence-electron chi connectivity index (χ2n) is 4.02. The van der Waals surface area contributed by atoms with Crippen molar-refractivity contribution in [2.75, 3.05) is 0 Å². The summed E-state index contributed by atoms with van der Waals surface area (Å²) < 4.78 is 0. The Morgan fingerprint density at radius 3 is 2.50 bits per heavy atom. The van der Waals surface area contributed by atoms with E-state index in [1.807, 2.05) is 6.07 Å². The van der Waals surface area contributed by atoms with Gasteiger partial charge in [-0.1, -0.05) is 12.1 Å². The average Bonchev–Trinajstić information content (AvgIpc) is 2.84. The van der Waals surface area contributed by atoms with E-state index in [1.165, 1.54) is 0 Å². The van der Waals surface area contributed by atoms with Crippen LogP contribution in [0.3, 0.4) is 0 Å². The van der Waals surface area contributed by atoms with Crippen LogP contribution in [-0.2, 0) is 13.0 Å². The van der Waals surface area contributed by atoms with Gasteiger partial charge in [-0.25, -0.2) is 0 Å². The van der Waals surface area contributed by atoms with E-state index < -0.39 is 5.60 Å². The fourth-order valence-electron chi connectivity index (χ4n) is 1.55. The van der Waals surface area contributed by atoms with Gasteiger partial charge in [0.25, 0.3) is 0 Å². The molecular formula is C11H14O3. The van der Waals surface area contributed by atoms with Gasteiger partial charge in [-0.05, 0) is 24.5 Å². The molecule has 2 rings (SSSR count). The number of rotatable bonds is 3.